The molecule has 0 saturated carbocycles. The lowest BCUT2D eigenvalue weighted by molar-refractivity contribution is -0.149. The summed E-state index contributed by atoms with van der Waals surface area (Å²) in [5.41, 5.74) is 4.41. The lowest BCUT2D eigenvalue weighted by Gasteiger charge is -2.42. The minimum atomic E-state index is -0.688. The number of aryl methyl sites for hydroxylation is 1. The third kappa shape index (κ3) is 5.82. The molecule has 180 valence electrons. The SMILES string of the molecule is Cc1ncsc1-c1ccc(CNC(=O)C2C[C@@H](O)CN2C(=O)C(C(C)(C)C)C(C)(C)C)cc1. The first kappa shape index (κ1) is 25.4. The average molecular weight is 472 g/mol. The van der Waals surface area contributed by atoms with Crippen molar-refractivity contribution in [1.82, 2.24) is 15.2 Å². The Morgan fingerprint density at radius 2 is 1.76 bits per heavy atom. The summed E-state index contributed by atoms with van der Waals surface area (Å²) in [5.74, 6) is -0.548. The van der Waals surface area contributed by atoms with Crippen LogP contribution in [0.25, 0.3) is 10.4 Å². The van der Waals surface area contributed by atoms with Crippen molar-refractivity contribution in [2.45, 2.75) is 73.6 Å². The van der Waals surface area contributed by atoms with Gasteiger partial charge in [0.15, 0.2) is 0 Å². The smallest absolute Gasteiger partial charge is 0.243 e. The van der Waals surface area contributed by atoms with E-state index < -0.39 is 12.1 Å². The number of hydrogen-bond acceptors (Lipinski definition) is 5. The van der Waals surface area contributed by atoms with E-state index in [2.05, 4.69) is 51.8 Å². The molecule has 0 aliphatic carbocycles. The van der Waals surface area contributed by atoms with Crippen molar-refractivity contribution in [2.75, 3.05) is 6.54 Å². The van der Waals surface area contributed by atoms with Crippen molar-refractivity contribution in [3.8, 4) is 10.4 Å². The van der Waals surface area contributed by atoms with Gasteiger partial charge in [-0.3, -0.25) is 9.59 Å². The molecule has 0 radical (unpaired) electrons. The van der Waals surface area contributed by atoms with Crippen LogP contribution in [0.3, 0.4) is 0 Å². The summed E-state index contributed by atoms with van der Waals surface area (Å²) >= 11 is 1.61. The number of carbonyl (C=O) groups is 2. The number of likely N-dealkylation sites (tertiary alicyclic amines) is 1. The molecule has 2 N–H and O–H groups in total. The van der Waals surface area contributed by atoms with Crippen molar-refractivity contribution in [3.05, 3.63) is 41.0 Å². The number of carbonyl (C=O) groups excluding carboxylic acids is 2. The molecule has 3 rings (SSSR count). The zero-order valence-corrected chi connectivity index (χ0v) is 21.6. The Balaban J connectivity index is 1.69. The van der Waals surface area contributed by atoms with E-state index in [4.69, 9.17) is 0 Å². The molecule has 2 heterocycles. The number of aliphatic hydroxyl groups excluding tert-OH is 1. The average Bonchev–Trinajstić information content (AvgIpc) is 3.30. The normalized spacial score (nSPS) is 19.2. The summed E-state index contributed by atoms with van der Waals surface area (Å²) in [6.07, 6.45) is -0.422. The number of amides is 2. The summed E-state index contributed by atoms with van der Waals surface area (Å²) in [6, 6.07) is 7.41. The van der Waals surface area contributed by atoms with E-state index >= 15 is 0 Å². The molecule has 0 bridgehead atoms. The Morgan fingerprint density at radius 1 is 1.15 bits per heavy atom. The fourth-order valence-electron chi connectivity index (χ4n) is 5.17. The number of β-amino-alcohol motifs (C(OH)–C–C–N with tert-alkyl or cyclic N) is 1. The van der Waals surface area contributed by atoms with E-state index in [1.807, 2.05) is 36.7 Å². The lowest BCUT2D eigenvalue weighted by Crippen LogP contribution is -2.52. The highest BCUT2D eigenvalue weighted by Crippen LogP contribution is 2.42. The Labute approximate surface area is 201 Å². The monoisotopic (exact) mass is 471 g/mol. The molecular formula is C26H37N3O3S. The van der Waals surface area contributed by atoms with Gasteiger partial charge in [-0.25, -0.2) is 4.98 Å². The van der Waals surface area contributed by atoms with Gasteiger partial charge in [-0.05, 0) is 28.9 Å². The van der Waals surface area contributed by atoms with Gasteiger partial charge in [0.2, 0.25) is 11.8 Å². The number of aliphatic hydroxyl groups is 1. The molecule has 1 saturated heterocycles. The summed E-state index contributed by atoms with van der Waals surface area (Å²) in [7, 11) is 0. The third-order valence-electron chi connectivity index (χ3n) is 6.27. The molecule has 33 heavy (non-hydrogen) atoms. The van der Waals surface area contributed by atoms with Crippen LogP contribution in [0.5, 0.6) is 0 Å². The molecule has 1 unspecified atom stereocenters. The second-order valence-corrected chi connectivity index (χ2v) is 12.1. The highest BCUT2D eigenvalue weighted by molar-refractivity contribution is 7.13. The van der Waals surface area contributed by atoms with Gasteiger partial charge in [-0.2, -0.15) is 0 Å². The zero-order chi connectivity index (χ0) is 24.6. The van der Waals surface area contributed by atoms with Crippen molar-refractivity contribution >= 4 is 23.2 Å². The van der Waals surface area contributed by atoms with Crippen LogP contribution in [0.15, 0.2) is 29.8 Å². The molecule has 2 aromatic rings. The Bertz CT molecular complexity index is 971. The van der Waals surface area contributed by atoms with E-state index in [-0.39, 0.29) is 41.5 Å². The number of hydrogen-bond donors (Lipinski definition) is 2. The number of nitrogens with one attached hydrogen (secondary N) is 1. The van der Waals surface area contributed by atoms with Crippen LogP contribution in [0.4, 0.5) is 0 Å². The van der Waals surface area contributed by atoms with E-state index in [0.717, 1.165) is 21.7 Å². The van der Waals surface area contributed by atoms with Crippen molar-refractivity contribution in [1.29, 1.82) is 0 Å². The first-order valence-corrected chi connectivity index (χ1v) is 12.4. The van der Waals surface area contributed by atoms with Gasteiger partial charge in [0.25, 0.3) is 0 Å². The van der Waals surface area contributed by atoms with E-state index in [1.165, 1.54) is 0 Å². The second-order valence-electron chi connectivity index (χ2n) is 11.2. The number of benzene rings is 1. The molecule has 2 atom stereocenters. The van der Waals surface area contributed by atoms with Crippen LogP contribution in [0.2, 0.25) is 0 Å². The van der Waals surface area contributed by atoms with Gasteiger partial charge >= 0.3 is 0 Å². The van der Waals surface area contributed by atoms with Gasteiger partial charge in [0, 0.05) is 25.4 Å². The maximum Gasteiger partial charge on any atom is 0.243 e. The van der Waals surface area contributed by atoms with Gasteiger partial charge in [-0.15, -0.1) is 11.3 Å². The molecule has 1 aliphatic heterocycles. The first-order chi connectivity index (χ1) is 15.3. The van der Waals surface area contributed by atoms with Crippen molar-refractivity contribution < 1.29 is 14.7 Å². The summed E-state index contributed by atoms with van der Waals surface area (Å²) in [6.45, 7) is 14.9. The molecule has 1 fully saturated rings. The predicted octanol–water partition coefficient (Wildman–Crippen LogP) is 4.40. The largest absolute Gasteiger partial charge is 0.391 e. The maximum atomic E-state index is 13.6. The minimum Gasteiger partial charge on any atom is -0.391 e. The second kappa shape index (κ2) is 9.55. The molecular weight excluding hydrogens is 434 g/mol. The number of thiazole rings is 1. The molecule has 6 nitrogen and oxygen atoms in total. The molecule has 1 aromatic heterocycles. The minimum absolute atomic E-state index is 0.0593. The van der Waals surface area contributed by atoms with Gasteiger partial charge in [-0.1, -0.05) is 65.8 Å². The number of aromatic nitrogens is 1. The predicted molar refractivity (Wildman–Crippen MR) is 133 cm³/mol. The lowest BCUT2D eigenvalue weighted by atomic mass is 9.66. The molecule has 1 aliphatic rings. The summed E-state index contributed by atoms with van der Waals surface area (Å²) in [4.78, 5) is 33.7. The summed E-state index contributed by atoms with van der Waals surface area (Å²) < 4.78 is 0. The van der Waals surface area contributed by atoms with Crippen LogP contribution in [0, 0.1) is 23.7 Å². The standard InChI is InChI=1S/C26H37N3O3S/c1-16-21(33-15-28-16)18-10-8-17(9-11-18)13-27-23(31)20-12-19(30)14-29(20)24(32)22(25(2,3)4)26(5,6)7/h8-11,15,19-20,22,30H,12-14H2,1-7H3,(H,27,31)/t19-,20?/m1/s1. The Hall–Kier alpha value is -2.25. The van der Waals surface area contributed by atoms with E-state index in [9.17, 15) is 14.7 Å². The Kier molecular flexibility index (Phi) is 7.34. The van der Waals surface area contributed by atoms with Crippen LogP contribution in [-0.4, -0.2) is 45.5 Å². The van der Waals surface area contributed by atoms with E-state index in [1.54, 1.807) is 16.2 Å². The fraction of sp³-hybridized carbons (Fsp3) is 0.577. The zero-order valence-electron chi connectivity index (χ0n) is 20.8. The van der Waals surface area contributed by atoms with Crippen molar-refractivity contribution in [2.24, 2.45) is 16.7 Å². The number of nitrogens with zero attached hydrogens (tertiary/aromatic N) is 2. The first-order valence-electron chi connectivity index (χ1n) is 11.5. The molecule has 7 heteroatoms. The van der Waals surface area contributed by atoms with Crippen LogP contribution in [-0.2, 0) is 16.1 Å². The van der Waals surface area contributed by atoms with Gasteiger partial charge < -0.3 is 15.3 Å². The highest BCUT2D eigenvalue weighted by Gasteiger charge is 2.47. The van der Waals surface area contributed by atoms with Crippen molar-refractivity contribution in [3.63, 3.8) is 0 Å². The number of rotatable bonds is 5. The van der Waals surface area contributed by atoms with Crippen LogP contribution >= 0.6 is 11.3 Å². The van der Waals surface area contributed by atoms with Crippen LogP contribution < -0.4 is 5.32 Å². The Morgan fingerprint density at radius 3 is 2.27 bits per heavy atom. The van der Waals surface area contributed by atoms with Crippen LogP contribution in [0.1, 0.15) is 59.2 Å². The quantitative estimate of drug-likeness (QED) is 0.677. The fourth-order valence-corrected chi connectivity index (χ4v) is 5.98. The molecule has 2 amide bonds. The highest BCUT2D eigenvalue weighted by atomic mass is 32.1. The van der Waals surface area contributed by atoms with Gasteiger partial charge in [0.05, 0.1) is 22.2 Å². The topological polar surface area (TPSA) is 82.5 Å². The third-order valence-corrected chi connectivity index (χ3v) is 7.25. The maximum absolute atomic E-state index is 13.6. The van der Waals surface area contributed by atoms with E-state index in [0.29, 0.717) is 6.54 Å². The van der Waals surface area contributed by atoms with Gasteiger partial charge in [0.1, 0.15) is 6.04 Å². The summed E-state index contributed by atoms with van der Waals surface area (Å²) in [5, 5.41) is 13.3. The molecule has 0 spiro atoms. The molecule has 1 aromatic carbocycles.